The van der Waals surface area contributed by atoms with E-state index in [9.17, 15) is 4.79 Å². The Hall–Kier alpha value is -1.79. The summed E-state index contributed by atoms with van der Waals surface area (Å²) in [6, 6.07) is 5.99. The van der Waals surface area contributed by atoms with Gasteiger partial charge < -0.3 is 25.4 Å². The average molecular weight is 291 g/mol. The number of hydrogen-bond acceptors (Lipinski definition) is 5. The molecule has 0 saturated carbocycles. The van der Waals surface area contributed by atoms with Gasteiger partial charge in [-0.2, -0.15) is 0 Å². The lowest BCUT2D eigenvalue weighted by Gasteiger charge is -2.24. The summed E-state index contributed by atoms with van der Waals surface area (Å²) in [7, 11) is 0. The van der Waals surface area contributed by atoms with E-state index in [1.165, 1.54) is 0 Å². The Labute approximate surface area is 124 Å². The van der Waals surface area contributed by atoms with E-state index >= 15 is 0 Å². The van der Waals surface area contributed by atoms with Gasteiger partial charge in [0.15, 0.2) is 11.5 Å². The summed E-state index contributed by atoms with van der Waals surface area (Å²) in [6.45, 7) is 4.40. The fourth-order valence-electron chi connectivity index (χ4n) is 2.55. The van der Waals surface area contributed by atoms with Crippen LogP contribution < -0.4 is 25.4 Å². The smallest absolute Gasteiger partial charge is 0.221 e. The van der Waals surface area contributed by atoms with E-state index < -0.39 is 0 Å². The van der Waals surface area contributed by atoms with Gasteiger partial charge >= 0.3 is 0 Å². The minimum atomic E-state index is 0.0612. The summed E-state index contributed by atoms with van der Waals surface area (Å²) in [4.78, 5) is 11.9. The Balaban J connectivity index is 1.49. The van der Waals surface area contributed by atoms with Crippen LogP contribution in [-0.4, -0.2) is 44.8 Å². The molecule has 6 heteroatoms. The first-order valence-corrected chi connectivity index (χ1v) is 7.40. The van der Waals surface area contributed by atoms with Gasteiger partial charge in [-0.3, -0.25) is 4.79 Å². The molecule has 3 N–H and O–H groups in total. The summed E-state index contributed by atoms with van der Waals surface area (Å²) in [5.74, 6) is 1.59. The fourth-order valence-corrected chi connectivity index (χ4v) is 2.55. The molecule has 3 rings (SSSR count). The molecule has 114 valence electrons. The van der Waals surface area contributed by atoms with Crippen molar-refractivity contribution in [2.24, 2.45) is 0 Å². The van der Waals surface area contributed by atoms with Crippen LogP contribution in [0.1, 0.15) is 12.0 Å². The van der Waals surface area contributed by atoms with Gasteiger partial charge in [0, 0.05) is 38.6 Å². The highest BCUT2D eigenvalue weighted by atomic mass is 16.6. The standard InChI is InChI=1S/C15H21N3O3/c19-15(8-12-10-16-3-4-17-12)18-9-11-1-2-13-14(7-11)21-6-5-20-13/h1-2,7,12,16-17H,3-6,8-10H2,(H,18,19). The van der Waals surface area contributed by atoms with Crippen LogP contribution in [0.3, 0.4) is 0 Å². The molecule has 1 unspecified atom stereocenters. The van der Waals surface area contributed by atoms with Crippen molar-refractivity contribution in [1.29, 1.82) is 0 Å². The second kappa shape index (κ2) is 6.78. The zero-order valence-electron chi connectivity index (χ0n) is 12.0. The first-order chi connectivity index (χ1) is 10.3. The maximum atomic E-state index is 11.9. The van der Waals surface area contributed by atoms with E-state index in [2.05, 4.69) is 16.0 Å². The van der Waals surface area contributed by atoms with Crippen molar-refractivity contribution in [3.63, 3.8) is 0 Å². The predicted molar refractivity (Wildman–Crippen MR) is 78.6 cm³/mol. The van der Waals surface area contributed by atoms with Crippen molar-refractivity contribution in [2.45, 2.75) is 19.0 Å². The Kier molecular flexibility index (Phi) is 4.57. The minimum absolute atomic E-state index is 0.0612. The van der Waals surface area contributed by atoms with Crippen LogP contribution >= 0.6 is 0 Å². The number of fused-ring (bicyclic) bond motifs is 1. The van der Waals surface area contributed by atoms with Crippen LogP contribution in [0.15, 0.2) is 18.2 Å². The molecule has 0 aromatic heterocycles. The number of piperazine rings is 1. The van der Waals surface area contributed by atoms with Crippen molar-refractivity contribution in [1.82, 2.24) is 16.0 Å². The molecule has 6 nitrogen and oxygen atoms in total. The van der Waals surface area contributed by atoms with Gasteiger partial charge in [0.05, 0.1) is 0 Å². The van der Waals surface area contributed by atoms with Gasteiger partial charge in [0.25, 0.3) is 0 Å². The van der Waals surface area contributed by atoms with E-state index in [1.807, 2.05) is 18.2 Å². The van der Waals surface area contributed by atoms with Crippen LogP contribution in [-0.2, 0) is 11.3 Å². The first-order valence-electron chi connectivity index (χ1n) is 7.40. The molecular weight excluding hydrogens is 270 g/mol. The molecule has 0 aliphatic carbocycles. The van der Waals surface area contributed by atoms with Crippen LogP contribution in [0.5, 0.6) is 11.5 Å². The summed E-state index contributed by atoms with van der Waals surface area (Å²) < 4.78 is 11.0. The lowest BCUT2D eigenvalue weighted by Crippen LogP contribution is -2.50. The molecule has 1 aromatic carbocycles. The van der Waals surface area contributed by atoms with Crippen molar-refractivity contribution >= 4 is 5.91 Å². The fraction of sp³-hybridized carbons (Fsp3) is 0.533. The highest BCUT2D eigenvalue weighted by Crippen LogP contribution is 2.30. The molecule has 1 atom stereocenters. The molecular formula is C15H21N3O3. The van der Waals surface area contributed by atoms with E-state index in [0.29, 0.717) is 26.2 Å². The van der Waals surface area contributed by atoms with Gasteiger partial charge in [0.2, 0.25) is 5.91 Å². The number of carbonyl (C=O) groups excluding carboxylic acids is 1. The van der Waals surface area contributed by atoms with E-state index in [4.69, 9.17) is 9.47 Å². The largest absolute Gasteiger partial charge is 0.486 e. The zero-order valence-corrected chi connectivity index (χ0v) is 12.0. The van der Waals surface area contributed by atoms with Crippen molar-refractivity contribution in [3.05, 3.63) is 23.8 Å². The number of benzene rings is 1. The molecule has 21 heavy (non-hydrogen) atoms. The van der Waals surface area contributed by atoms with Crippen LogP contribution in [0.25, 0.3) is 0 Å². The highest BCUT2D eigenvalue weighted by molar-refractivity contribution is 5.76. The average Bonchev–Trinajstić information content (AvgIpc) is 2.54. The Morgan fingerprint density at radius 3 is 2.90 bits per heavy atom. The SMILES string of the molecule is O=C(CC1CNCCN1)NCc1ccc2c(c1)OCCO2. The summed E-state index contributed by atoms with van der Waals surface area (Å²) in [5.41, 5.74) is 1.02. The Bertz CT molecular complexity index is 501. The molecule has 0 bridgehead atoms. The van der Waals surface area contributed by atoms with E-state index in [0.717, 1.165) is 36.7 Å². The number of carbonyl (C=O) groups is 1. The van der Waals surface area contributed by atoms with Gasteiger partial charge in [-0.1, -0.05) is 6.07 Å². The third kappa shape index (κ3) is 3.86. The predicted octanol–water partition coefficient (Wildman–Crippen LogP) is 0.0255. The number of rotatable bonds is 4. The normalized spacial score (nSPS) is 20.9. The first kappa shape index (κ1) is 14.2. The molecule has 1 fully saturated rings. The zero-order chi connectivity index (χ0) is 14.5. The van der Waals surface area contributed by atoms with Crippen molar-refractivity contribution < 1.29 is 14.3 Å². The van der Waals surface area contributed by atoms with Crippen LogP contribution in [0.4, 0.5) is 0 Å². The van der Waals surface area contributed by atoms with Crippen molar-refractivity contribution in [2.75, 3.05) is 32.8 Å². The lowest BCUT2D eigenvalue weighted by atomic mass is 10.1. The topological polar surface area (TPSA) is 71.6 Å². The number of ether oxygens (including phenoxy) is 2. The second-order valence-electron chi connectivity index (χ2n) is 5.31. The minimum Gasteiger partial charge on any atom is -0.486 e. The maximum Gasteiger partial charge on any atom is 0.221 e. The Morgan fingerprint density at radius 1 is 1.24 bits per heavy atom. The molecule has 2 aliphatic heterocycles. The monoisotopic (exact) mass is 291 g/mol. The maximum absolute atomic E-state index is 11.9. The van der Waals surface area contributed by atoms with Gasteiger partial charge in [0.1, 0.15) is 13.2 Å². The summed E-state index contributed by atoms with van der Waals surface area (Å²) >= 11 is 0. The third-order valence-corrected chi connectivity index (χ3v) is 3.65. The highest BCUT2D eigenvalue weighted by Gasteiger charge is 2.16. The number of hydrogen-bond donors (Lipinski definition) is 3. The molecule has 2 heterocycles. The molecule has 1 amide bonds. The molecule has 0 spiro atoms. The van der Waals surface area contributed by atoms with E-state index in [1.54, 1.807) is 0 Å². The number of amides is 1. The van der Waals surface area contributed by atoms with E-state index in [-0.39, 0.29) is 11.9 Å². The molecule has 0 radical (unpaired) electrons. The van der Waals surface area contributed by atoms with Gasteiger partial charge in [-0.25, -0.2) is 0 Å². The molecule has 1 saturated heterocycles. The van der Waals surface area contributed by atoms with Crippen molar-refractivity contribution in [3.8, 4) is 11.5 Å². The van der Waals surface area contributed by atoms with Crippen LogP contribution in [0.2, 0.25) is 0 Å². The third-order valence-electron chi connectivity index (χ3n) is 3.65. The molecule has 1 aromatic rings. The quantitative estimate of drug-likeness (QED) is 0.730. The van der Waals surface area contributed by atoms with Gasteiger partial charge in [-0.05, 0) is 17.7 Å². The number of nitrogens with one attached hydrogen (secondary N) is 3. The summed E-state index contributed by atoms with van der Waals surface area (Å²) in [5, 5.41) is 9.55. The van der Waals surface area contributed by atoms with Crippen LogP contribution in [0, 0.1) is 0 Å². The van der Waals surface area contributed by atoms with Gasteiger partial charge in [-0.15, -0.1) is 0 Å². The molecule has 2 aliphatic rings. The second-order valence-corrected chi connectivity index (χ2v) is 5.31. The summed E-state index contributed by atoms with van der Waals surface area (Å²) in [6.07, 6.45) is 0.498. The Morgan fingerprint density at radius 2 is 2.10 bits per heavy atom. The lowest BCUT2D eigenvalue weighted by molar-refractivity contribution is -0.121.